The molecule has 1 aliphatic heterocycles. The molecule has 0 radical (unpaired) electrons. The SMILES string of the molecule is O=c1cc(-c2ccc3ccccc3c2)ccn1CCc1ccc(CN2CCCC2)cc1. The summed E-state index contributed by atoms with van der Waals surface area (Å²) in [7, 11) is 0. The van der Waals surface area contributed by atoms with Gasteiger partial charge in [-0.05, 0) is 77.5 Å². The number of pyridine rings is 1. The Morgan fingerprint density at radius 3 is 2.19 bits per heavy atom. The van der Waals surface area contributed by atoms with Crippen LogP contribution in [0.2, 0.25) is 0 Å². The Morgan fingerprint density at radius 2 is 1.42 bits per heavy atom. The highest BCUT2D eigenvalue weighted by Crippen LogP contribution is 2.23. The highest BCUT2D eigenvalue weighted by Gasteiger charge is 2.11. The van der Waals surface area contributed by atoms with Gasteiger partial charge in [-0.1, -0.05) is 60.7 Å². The van der Waals surface area contributed by atoms with Crippen molar-refractivity contribution in [3.63, 3.8) is 0 Å². The van der Waals surface area contributed by atoms with Crippen molar-refractivity contribution >= 4 is 10.8 Å². The van der Waals surface area contributed by atoms with Gasteiger partial charge in [0.05, 0.1) is 0 Å². The molecule has 4 aromatic rings. The zero-order valence-corrected chi connectivity index (χ0v) is 17.8. The predicted molar refractivity (Wildman–Crippen MR) is 128 cm³/mol. The van der Waals surface area contributed by atoms with Crippen LogP contribution < -0.4 is 5.56 Å². The molecule has 2 heterocycles. The van der Waals surface area contributed by atoms with Gasteiger partial charge in [-0.25, -0.2) is 0 Å². The Morgan fingerprint density at radius 1 is 0.710 bits per heavy atom. The van der Waals surface area contributed by atoms with Crippen LogP contribution in [0.25, 0.3) is 21.9 Å². The lowest BCUT2D eigenvalue weighted by Crippen LogP contribution is -2.19. The van der Waals surface area contributed by atoms with E-state index in [-0.39, 0.29) is 5.56 Å². The highest BCUT2D eigenvalue weighted by atomic mass is 16.1. The van der Waals surface area contributed by atoms with Crippen LogP contribution in [0.15, 0.2) is 89.9 Å². The molecule has 0 atom stereocenters. The van der Waals surface area contributed by atoms with Crippen molar-refractivity contribution in [3.8, 4) is 11.1 Å². The number of aromatic nitrogens is 1. The highest BCUT2D eigenvalue weighted by molar-refractivity contribution is 5.87. The molecular formula is C28H28N2O. The Hall–Kier alpha value is -3.17. The fourth-order valence-corrected chi connectivity index (χ4v) is 4.50. The van der Waals surface area contributed by atoms with E-state index in [0.29, 0.717) is 6.54 Å². The average molecular weight is 409 g/mol. The molecule has 0 N–H and O–H groups in total. The average Bonchev–Trinajstić information content (AvgIpc) is 3.32. The van der Waals surface area contributed by atoms with E-state index in [1.165, 1.54) is 47.8 Å². The molecule has 0 saturated carbocycles. The summed E-state index contributed by atoms with van der Waals surface area (Å²) in [5.74, 6) is 0. The molecule has 3 aromatic carbocycles. The van der Waals surface area contributed by atoms with E-state index in [0.717, 1.165) is 24.1 Å². The van der Waals surface area contributed by atoms with E-state index in [1.54, 1.807) is 6.07 Å². The van der Waals surface area contributed by atoms with Crippen molar-refractivity contribution in [2.24, 2.45) is 0 Å². The zero-order chi connectivity index (χ0) is 21.0. The molecule has 0 aliphatic carbocycles. The molecule has 0 unspecified atom stereocenters. The first-order chi connectivity index (χ1) is 15.2. The normalized spacial score (nSPS) is 14.3. The largest absolute Gasteiger partial charge is 0.315 e. The van der Waals surface area contributed by atoms with Gasteiger partial charge in [0.25, 0.3) is 5.56 Å². The summed E-state index contributed by atoms with van der Waals surface area (Å²) in [4.78, 5) is 15.2. The van der Waals surface area contributed by atoms with Gasteiger partial charge in [0.15, 0.2) is 0 Å². The maximum Gasteiger partial charge on any atom is 0.251 e. The number of fused-ring (bicyclic) bond motifs is 1. The summed E-state index contributed by atoms with van der Waals surface area (Å²) < 4.78 is 1.81. The van der Waals surface area contributed by atoms with Gasteiger partial charge in [0, 0.05) is 25.4 Å². The molecule has 0 spiro atoms. The minimum Gasteiger partial charge on any atom is -0.315 e. The number of aryl methyl sites for hydroxylation is 2. The van der Waals surface area contributed by atoms with Crippen LogP contribution in [0.1, 0.15) is 24.0 Å². The molecule has 31 heavy (non-hydrogen) atoms. The molecule has 1 fully saturated rings. The molecule has 0 amide bonds. The molecule has 1 saturated heterocycles. The molecule has 5 rings (SSSR count). The first kappa shape index (κ1) is 19.8. The Bertz CT molecular complexity index is 1230. The van der Waals surface area contributed by atoms with Crippen LogP contribution in [-0.4, -0.2) is 22.6 Å². The van der Waals surface area contributed by atoms with E-state index in [4.69, 9.17) is 0 Å². The second-order valence-corrected chi connectivity index (χ2v) is 8.56. The topological polar surface area (TPSA) is 25.2 Å². The lowest BCUT2D eigenvalue weighted by molar-refractivity contribution is 0.331. The van der Waals surface area contributed by atoms with Crippen LogP contribution in [0.3, 0.4) is 0 Å². The Balaban J connectivity index is 1.25. The monoisotopic (exact) mass is 408 g/mol. The molecule has 0 bridgehead atoms. The number of hydrogen-bond donors (Lipinski definition) is 0. The fraction of sp³-hybridized carbons (Fsp3) is 0.250. The van der Waals surface area contributed by atoms with Crippen molar-refractivity contribution < 1.29 is 0 Å². The van der Waals surface area contributed by atoms with Crippen LogP contribution >= 0.6 is 0 Å². The molecular weight excluding hydrogens is 380 g/mol. The maximum atomic E-state index is 12.7. The lowest BCUT2D eigenvalue weighted by Gasteiger charge is -2.14. The number of hydrogen-bond acceptors (Lipinski definition) is 2. The van der Waals surface area contributed by atoms with Crippen LogP contribution in [0.5, 0.6) is 0 Å². The van der Waals surface area contributed by atoms with Crippen molar-refractivity contribution in [1.29, 1.82) is 0 Å². The van der Waals surface area contributed by atoms with Crippen molar-refractivity contribution in [1.82, 2.24) is 9.47 Å². The third-order valence-electron chi connectivity index (χ3n) is 6.35. The van der Waals surface area contributed by atoms with E-state index >= 15 is 0 Å². The Labute approximate surface area is 183 Å². The summed E-state index contributed by atoms with van der Waals surface area (Å²) in [5, 5.41) is 2.41. The molecule has 1 aliphatic rings. The van der Waals surface area contributed by atoms with E-state index in [2.05, 4.69) is 59.5 Å². The molecule has 3 heteroatoms. The van der Waals surface area contributed by atoms with Gasteiger partial charge in [0.1, 0.15) is 0 Å². The summed E-state index contributed by atoms with van der Waals surface area (Å²) >= 11 is 0. The zero-order valence-electron chi connectivity index (χ0n) is 17.8. The smallest absolute Gasteiger partial charge is 0.251 e. The van der Waals surface area contributed by atoms with Crippen molar-refractivity contribution in [3.05, 3.63) is 107 Å². The predicted octanol–water partition coefficient (Wildman–Crippen LogP) is 5.51. The second kappa shape index (κ2) is 8.91. The maximum absolute atomic E-state index is 12.7. The van der Waals surface area contributed by atoms with Crippen LogP contribution in [-0.2, 0) is 19.5 Å². The molecule has 156 valence electrons. The standard InChI is InChI=1S/C28H28N2O/c31-28-20-27(26-12-11-24-5-1-2-6-25(24)19-26)14-18-30(28)17-13-22-7-9-23(10-8-22)21-29-15-3-4-16-29/h1-2,5-12,14,18-20H,3-4,13,15-17,21H2. The van der Waals surface area contributed by atoms with Gasteiger partial charge in [-0.2, -0.15) is 0 Å². The molecule has 1 aromatic heterocycles. The van der Waals surface area contributed by atoms with Gasteiger partial charge in [0.2, 0.25) is 0 Å². The second-order valence-electron chi connectivity index (χ2n) is 8.56. The number of rotatable bonds is 6. The number of benzene rings is 3. The van der Waals surface area contributed by atoms with Crippen LogP contribution in [0, 0.1) is 0 Å². The minimum atomic E-state index is 0.0521. The van der Waals surface area contributed by atoms with E-state index in [1.807, 2.05) is 29.0 Å². The van der Waals surface area contributed by atoms with Crippen molar-refractivity contribution in [2.45, 2.75) is 32.4 Å². The summed E-state index contributed by atoms with van der Waals surface area (Å²) in [6.45, 7) is 4.19. The summed E-state index contributed by atoms with van der Waals surface area (Å²) in [6, 6.07) is 27.3. The first-order valence-electron chi connectivity index (χ1n) is 11.2. The van der Waals surface area contributed by atoms with E-state index in [9.17, 15) is 4.79 Å². The van der Waals surface area contributed by atoms with Gasteiger partial charge in [-0.3, -0.25) is 9.69 Å². The fourth-order valence-electron chi connectivity index (χ4n) is 4.50. The van der Waals surface area contributed by atoms with Gasteiger partial charge in [-0.15, -0.1) is 0 Å². The summed E-state index contributed by atoms with van der Waals surface area (Å²) in [5.41, 5.74) is 4.75. The van der Waals surface area contributed by atoms with Crippen molar-refractivity contribution in [2.75, 3.05) is 13.1 Å². The van der Waals surface area contributed by atoms with Gasteiger partial charge >= 0.3 is 0 Å². The minimum absolute atomic E-state index is 0.0521. The quantitative estimate of drug-likeness (QED) is 0.420. The number of likely N-dealkylation sites (tertiary alicyclic amines) is 1. The van der Waals surface area contributed by atoms with E-state index < -0.39 is 0 Å². The molecule has 3 nitrogen and oxygen atoms in total. The summed E-state index contributed by atoms with van der Waals surface area (Å²) in [6.07, 6.45) is 5.44. The third kappa shape index (κ3) is 4.62. The lowest BCUT2D eigenvalue weighted by atomic mass is 10.0. The first-order valence-corrected chi connectivity index (χ1v) is 11.2. The number of nitrogens with zero attached hydrogens (tertiary/aromatic N) is 2. The Kier molecular flexibility index (Phi) is 5.68. The van der Waals surface area contributed by atoms with Gasteiger partial charge < -0.3 is 4.57 Å². The third-order valence-corrected chi connectivity index (χ3v) is 6.35. The van der Waals surface area contributed by atoms with Crippen LogP contribution in [0.4, 0.5) is 0 Å².